The molecule has 2 N–H and O–H groups in total. The lowest BCUT2D eigenvalue weighted by molar-refractivity contribution is 0.349. The SMILES string of the molecule is CCC/C=C/COc1ncccc1-c1csc(NC2=NCCCN2)n1. The second-order valence-electron chi connectivity index (χ2n) is 5.60. The zero-order chi connectivity index (χ0) is 17.3. The number of rotatable bonds is 7. The largest absolute Gasteiger partial charge is 0.473 e. The molecule has 0 bridgehead atoms. The van der Waals surface area contributed by atoms with Gasteiger partial charge in [0.2, 0.25) is 5.88 Å². The van der Waals surface area contributed by atoms with Crippen molar-refractivity contribution in [3.8, 4) is 17.1 Å². The van der Waals surface area contributed by atoms with Crippen molar-refractivity contribution in [2.45, 2.75) is 26.2 Å². The van der Waals surface area contributed by atoms with Crippen LogP contribution in [-0.2, 0) is 0 Å². The summed E-state index contributed by atoms with van der Waals surface area (Å²) in [4.78, 5) is 13.4. The van der Waals surface area contributed by atoms with E-state index in [-0.39, 0.29) is 0 Å². The lowest BCUT2D eigenvalue weighted by Crippen LogP contribution is -2.35. The molecule has 3 heterocycles. The molecule has 6 nitrogen and oxygen atoms in total. The highest BCUT2D eigenvalue weighted by atomic mass is 32.1. The molecule has 1 aliphatic rings. The van der Waals surface area contributed by atoms with Crippen molar-refractivity contribution in [3.63, 3.8) is 0 Å². The first-order valence-corrected chi connectivity index (χ1v) is 9.49. The molecule has 0 amide bonds. The number of ether oxygens (including phenoxy) is 1. The monoisotopic (exact) mass is 357 g/mol. The van der Waals surface area contributed by atoms with E-state index in [1.807, 2.05) is 23.6 Å². The van der Waals surface area contributed by atoms with Crippen LogP contribution in [0.4, 0.5) is 5.13 Å². The van der Waals surface area contributed by atoms with Gasteiger partial charge in [0, 0.05) is 24.7 Å². The van der Waals surface area contributed by atoms with Crippen LogP contribution < -0.4 is 15.4 Å². The Morgan fingerprint density at radius 1 is 1.40 bits per heavy atom. The number of nitrogens with one attached hydrogen (secondary N) is 2. The van der Waals surface area contributed by atoms with Crippen LogP contribution in [0.2, 0.25) is 0 Å². The molecule has 0 atom stereocenters. The van der Waals surface area contributed by atoms with Crippen LogP contribution >= 0.6 is 11.3 Å². The predicted molar refractivity (Wildman–Crippen MR) is 103 cm³/mol. The molecule has 0 aliphatic carbocycles. The molecule has 0 aromatic carbocycles. The summed E-state index contributed by atoms with van der Waals surface area (Å²) in [6.07, 6.45) is 9.17. The topological polar surface area (TPSA) is 71.4 Å². The fourth-order valence-corrected chi connectivity index (χ4v) is 3.06. The minimum absolute atomic E-state index is 0.514. The quantitative estimate of drug-likeness (QED) is 0.739. The average Bonchev–Trinajstić information content (AvgIpc) is 3.11. The summed E-state index contributed by atoms with van der Waals surface area (Å²) in [6, 6.07) is 3.88. The molecule has 0 saturated heterocycles. The molecule has 0 spiro atoms. The van der Waals surface area contributed by atoms with Gasteiger partial charge in [0.05, 0.1) is 11.3 Å². The van der Waals surface area contributed by atoms with Crippen LogP contribution in [0.25, 0.3) is 11.3 Å². The highest BCUT2D eigenvalue weighted by Crippen LogP contribution is 2.30. The van der Waals surface area contributed by atoms with Gasteiger partial charge in [0.1, 0.15) is 6.61 Å². The van der Waals surface area contributed by atoms with Crippen molar-refractivity contribution in [2.75, 3.05) is 25.0 Å². The molecule has 2 aromatic rings. The van der Waals surface area contributed by atoms with Crippen LogP contribution in [0.5, 0.6) is 5.88 Å². The molecule has 0 radical (unpaired) electrons. The van der Waals surface area contributed by atoms with E-state index >= 15 is 0 Å². The maximum atomic E-state index is 5.81. The fourth-order valence-electron chi connectivity index (χ4n) is 2.35. The number of aliphatic imine (C=N–C) groups is 1. The normalized spacial score (nSPS) is 14.2. The Bertz CT molecular complexity index is 741. The van der Waals surface area contributed by atoms with Gasteiger partial charge in [-0.15, -0.1) is 11.3 Å². The van der Waals surface area contributed by atoms with Crippen molar-refractivity contribution in [2.24, 2.45) is 4.99 Å². The van der Waals surface area contributed by atoms with Crippen LogP contribution in [0.15, 0.2) is 40.9 Å². The number of pyridine rings is 1. The highest BCUT2D eigenvalue weighted by Gasteiger charge is 2.12. The Balaban J connectivity index is 1.68. The van der Waals surface area contributed by atoms with E-state index in [0.29, 0.717) is 12.5 Å². The maximum Gasteiger partial charge on any atom is 0.223 e. The van der Waals surface area contributed by atoms with Crippen LogP contribution in [-0.4, -0.2) is 35.6 Å². The number of nitrogens with zero attached hydrogens (tertiary/aromatic N) is 3. The Morgan fingerprint density at radius 3 is 3.20 bits per heavy atom. The van der Waals surface area contributed by atoms with Gasteiger partial charge in [-0.05, 0) is 25.0 Å². The molecule has 2 aromatic heterocycles. The van der Waals surface area contributed by atoms with E-state index in [0.717, 1.165) is 54.7 Å². The minimum Gasteiger partial charge on any atom is -0.473 e. The second-order valence-corrected chi connectivity index (χ2v) is 6.46. The first-order chi connectivity index (χ1) is 12.4. The van der Waals surface area contributed by atoms with Crippen LogP contribution in [0.1, 0.15) is 26.2 Å². The minimum atomic E-state index is 0.514. The molecule has 0 unspecified atom stereocenters. The van der Waals surface area contributed by atoms with E-state index in [4.69, 9.17) is 4.74 Å². The highest BCUT2D eigenvalue weighted by molar-refractivity contribution is 7.14. The van der Waals surface area contributed by atoms with Gasteiger partial charge in [-0.3, -0.25) is 4.99 Å². The predicted octanol–water partition coefficient (Wildman–Crippen LogP) is 3.70. The number of unbranched alkanes of at least 4 members (excludes halogenated alkanes) is 1. The third-order valence-electron chi connectivity index (χ3n) is 3.61. The molecule has 7 heteroatoms. The number of hydrogen-bond acceptors (Lipinski definition) is 7. The first kappa shape index (κ1) is 17.4. The standard InChI is InChI=1S/C18H23N5OS/c1-2-3-4-5-12-24-16-14(8-6-9-19-16)15-13-25-18(22-15)23-17-20-10-7-11-21-17/h4-6,8-9,13H,2-3,7,10-12H2,1H3,(H2,20,21,22,23)/b5-4+. The van der Waals surface area contributed by atoms with Gasteiger partial charge in [0.25, 0.3) is 0 Å². The third kappa shape index (κ3) is 5.03. The maximum absolute atomic E-state index is 5.81. The summed E-state index contributed by atoms with van der Waals surface area (Å²) in [7, 11) is 0. The van der Waals surface area contributed by atoms with Gasteiger partial charge >= 0.3 is 0 Å². The van der Waals surface area contributed by atoms with Crippen LogP contribution in [0, 0.1) is 0 Å². The Kier molecular flexibility index (Phi) is 6.39. The van der Waals surface area contributed by atoms with Gasteiger partial charge in [0.15, 0.2) is 11.1 Å². The molecule has 3 rings (SSSR count). The second kappa shape index (κ2) is 9.17. The van der Waals surface area contributed by atoms with Crippen molar-refractivity contribution in [3.05, 3.63) is 35.9 Å². The average molecular weight is 357 g/mol. The van der Waals surface area contributed by atoms with Gasteiger partial charge in [-0.1, -0.05) is 25.5 Å². The number of allylic oxidation sites excluding steroid dienone is 1. The van der Waals surface area contributed by atoms with E-state index in [1.165, 1.54) is 0 Å². The molecule has 0 fully saturated rings. The van der Waals surface area contributed by atoms with Gasteiger partial charge < -0.3 is 15.4 Å². The van der Waals surface area contributed by atoms with Crippen molar-refractivity contribution in [1.82, 2.24) is 15.3 Å². The molecular weight excluding hydrogens is 334 g/mol. The Hall–Kier alpha value is -2.41. The van der Waals surface area contributed by atoms with E-state index < -0.39 is 0 Å². The van der Waals surface area contributed by atoms with Crippen molar-refractivity contribution < 1.29 is 4.74 Å². The smallest absolute Gasteiger partial charge is 0.223 e. The molecular formula is C18H23N5OS. The van der Waals surface area contributed by atoms with Crippen LogP contribution in [0.3, 0.4) is 0 Å². The Labute approximate surface area is 152 Å². The molecule has 25 heavy (non-hydrogen) atoms. The summed E-state index contributed by atoms with van der Waals surface area (Å²) < 4.78 is 5.81. The summed E-state index contributed by atoms with van der Waals surface area (Å²) in [5.41, 5.74) is 1.75. The number of guanidine groups is 1. The molecule has 1 aliphatic heterocycles. The van der Waals surface area contributed by atoms with E-state index in [2.05, 4.69) is 38.6 Å². The molecule has 0 saturated carbocycles. The van der Waals surface area contributed by atoms with Crippen molar-refractivity contribution >= 4 is 22.4 Å². The first-order valence-electron chi connectivity index (χ1n) is 8.61. The summed E-state index contributed by atoms with van der Waals surface area (Å²) in [6.45, 7) is 4.46. The summed E-state index contributed by atoms with van der Waals surface area (Å²) in [5.74, 6) is 1.39. The number of hydrogen-bond donors (Lipinski definition) is 2. The molecule has 132 valence electrons. The summed E-state index contributed by atoms with van der Waals surface area (Å²) in [5, 5.41) is 9.27. The fraction of sp³-hybridized carbons (Fsp3) is 0.389. The third-order valence-corrected chi connectivity index (χ3v) is 4.37. The zero-order valence-electron chi connectivity index (χ0n) is 14.4. The zero-order valence-corrected chi connectivity index (χ0v) is 15.2. The lowest BCUT2D eigenvalue weighted by Gasteiger charge is -2.14. The summed E-state index contributed by atoms with van der Waals surface area (Å²) >= 11 is 1.54. The lowest BCUT2D eigenvalue weighted by atomic mass is 10.2. The van der Waals surface area contributed by atoms with Gasteiger partial charge in [-0.2, -0.15) is 0 Å². The Morgan fingerprint density at radius 2 is 2.36 bits per heavy atom. The van der Waals surface area contributed by atoms with E-state index in [1.54, 1.807) is 17.5 Å². The number of anilines is 1. The van der Waals surface area contributed by atoms with Crippen molar-refractivity contribution in [1.29, 1.82) is 0 Å². The number of aromatic nitrogens is 2. The van der Waals surface area contributed by atoms with E-state index in [9.17, 15) is 0 Å². The van der Waals surface area contributed by atoms with Gasteiger partial charge in [-0.25, -0.2) is 9.97 Å². The number of thiazole rings is 1.